The van der Waals surface area contributed by atoms with Gasteiger partial charge in [-0.05, 0) is 25.1 Å². The third-order valence-corrected chi connectivity index (χ3v) is 4.39. The van der Waals surface area contributed by atoms with Crippen molar-refractivity contribution in [1.82, 2.24) is 5.32 Å². The van der Waals surface area contributed by atoms with Crippen molar-refractivity contribution in [3.05, 3.63) is 36.4 Å². The Hall–Kier alpha value is -2.53. The van der Waals surface area contributed by atoms with Crippen LogP contribution in [-0.4, -0.2) is 26.1 Å². The molecule has 1 aromatic heterocycles. The average molecular weight is 310 g/mol. The molecule has 5 nitrogen and oxygen atoms in total. The summed E-state index contributed by atoms with van der Waals surface area (Å²) in [5.74, 6) is 0.665. The maximum atomic E-state index is 12.4. The van der Waals surface area contributed by atoms with Crippen molar-refractivity contribution >= 4 is 33.5 Å². The van der Waals surface area contributed by atoms with Crippen LogP contribution in [0.3, 0.4) is 0 Å². The van der Waals surface area contributed by atoms with Gasteiger partial charge in [0.25, 0.3) is 0 Å². The maximum Gasteiger partial charge on any atom is 0.228 e. The van der Waals surface area contributed by atoms with Gasteiger partial charge in [-0.15, -0.1) is 0 Å². The van der Waals surface area contributed by atoms with Crippen molar-refractivity contribution in [3.63, 3.8) is 0 Å². The standard InChI is InChI=1S/C18H18N2O3/c1-22-17-8-13-12-4-2-3-5-15(12)23-16(13)9-14(17)20-18(21)11-6-7-19-10-11/h2-5,8-9,11,19H,6-7,10H2,1H3,(H,20,21). The van der Waals surface area contributed by atoms with Gasteiger partial charge in [0.15, 0.2) is 0 Å². The van der Waals surface area contributed by atoms with Crippen molar-refractivity contribution in [2.24, 2.45) is 5.92 Å². The molecule has 1 aliphatic rings. The Labute approximate surface area is 133 Å². The molecule has 23 heavy (non-hydrogen) atoms. The Morgan fingerprint density at radius 3 is 2.91 bits per heavy atom. The van der Waals surface area contributed by atoms with E-state index in [4.69, 9.17) is 9.15 Å². The number of carbonyl (C=O) groups excluding carboxylic acids is 1. The zero-order valence-corrected chi connectivity index (χ0v) is 12.9. The number of methoxy groups -OCH3 is 1. The molecule has 1 saturated heterocycles. The van der Waals surface area contributed by atoms with Gasteiger partial charge in [-0.25, -0.2) is 0 Å². The van der Waals surface area contributed by atoms with Crippen LogP contribution in [0.4, 0.5) is 5.69 Å². The number of anilines is 1. The highest BCUT2D eigenvalue weighted by molar-refractivity contribution is 6.07. The van der Waals surface area contributed by atoms with Gasteiger partial charge in [-0.1, -0.05) is 18.2 Å². The van der Waals surface area contributed by atoms with Crippen LogP contribution < -0.4 is 15.4 Å². The van der Waals surface area contributed by atoms with Crippen molar-refractivity contribution < 1.29 is 13.9 Å². The van der Waals surface area contributed by atoms with Gasteiger partial charge < -0.3 is 19.8 Å². The van der Waals surface area contributed by atoms with Gasteiger partial charge >= 0.3 is 0 Å². The SMILES string of the molecule is COc1cc2c(cc1NC(=O)C1CCNC1)oc1ccccc12. The van der Waals surface area contributed by atoms with E-state index in [0.717, 1.165) is 41.4 Å². The maximum absolute atomic E-state index is 12.4. The number of fused-ring (bicyclic) bond motifs is 3. The number of hydrogen-bond acceptors (Lipinski definition) is 4. The molecule has 1 amide bonds. The monoisotopic (exact) mass is 310 g/mol. The lowest BCUT2D eigenvalue weighted by Crippen LogP contribution is -2.24. The molecule has 1 unspecified atom stereocenters. The van der Waals surface area contributed by atoms with Gasteiger partial charge in [-0.3, -0.25) is 4.79 Å². The fourth-order valence-electron chi connectivity index (χ4n) is 3.13. The lowest BCUT2D eigenvalue weighted by Gasteiger charge is -2.13. The summed E-state index contributed by atoms with van der Waals surface area (Å²) in [5.41, 5.74) is 2.22. The minimum absolute atomic E-state index is 0.00563. The second kappa shape index (κ2) is 5.59. The van der Waals surface area contributed by atoms with E-state index < -0.39 is 0 Å². The molecule has 0 saturated carbocycles. The highest BCUT2D eigenvalue weighted by Gasteiger charge is 2.23. The summed E-state index contributed by atoms with van der Waals surface area (Å²) in [6.07, 6.45) is 0.862. The van der Waals surface area contributed by atoms with E-state index in [0.29, 0.717) is 11.4 Å². The Morgan fingerprint density at radius 1 is 1.26 bits per heavy atom. The summed E-state index contributed by atoms with van der Waals surface area (Å²) in [6, 6.07) is 11.6. The predicted octanol–water partition coefficient (Wildman–Crippen LogP) is 3.14. The Bertz CT molecular complexity index is 878. The fourth-order valence-corrected chi connectivity index (χ4v) is 3.13. The molecule has 2 N–H and O–H groups in total. The lowest BCUT2D eigenvalue weighted by atomic mass is 10.1. The first-order chi connectivity index (χ1) is 11.3. The summed E-state index contributed by atoms with van der Waals surface area (Å²) in [7, 11) is 1.61. The van der Waals surface area contributed by atoms with Crippen LogP contribution in [-0.2, 0) is 4.79 Å². The van der Waals surface area contributed by atoms with Crippen LogP contribution in [0.1, 0.15) is 6.42 Å². The molecule has 0 spiro atoms. The van der Waals surface area contributed by atoms with Gasteiger partial charge in [0, 0.05) is 23.4 Å². The summed E-state index contributed by atoms with van der Waals surface area (Å²) >= 11 is 0. The molecule has 2 heterocycles. The predicted molar refractivity (Wildman–Crippen MR) is 89.9 cm³/mol. The largest absolute Gasteiger partial charge is 0.495 e. The first-order valence-corrected chi connectivity index (χ1v) is 7.77. The molecule has 1 aliphatic heterocycles. The highest BCUT2D eigenvalue weighted by Crippen LogP contribution is 2.36. The molecule has 4 rings (SSSR count). The Kier molecular flexibility index (Phi) is 3.42. The fraction of sp³-hybridized carbons (Fsp3) is 0.278. The third kappa shape index (κ3) is 2.43. The molecule has 3 aromatic rings. The lowest BCUT2D eigenvalue weighted by molar-refractivity contribution is -0.119. The minimum Gasteiger partial charge on any atom is -0.495 e. The van der Waals surface area contributed by atoms with Crippen LogP contribution in [0, 0.1) is 5.92 Å². The Balaban J connectivity index is 1.76. The molecular formula is C18H18N2O3. The van der Waals surface area contributed by atoms with Crippen molar-refractivity contribution in [1.29, 1.82) is 0 Å². The van der Waals surface area contributed by atoms with Crippen LogP contribution in [0.5, 0.6) is 5.75 Å². The van der Waals surface area contributed by atoms with Crippen molar-refractivity contribution in [2.45, 2.75) is 6.42 Å². The van der Waals surface area contributed by atoms with E-state index in [-0.39, 0.29) is 11.8 Å². The summed E-state index contributed by atoms with van der Waals surface area (Å²) < 4.78 is 11.3. The number of amides is 1. The van der Waals surface area contributed by atoms with E-state index in [1.165, 1.54) is 0 Å². The molecule has 0 bridgehead atoms. The molecule has 1 fully saturated rings. The van der Waals surface area contributed by atoms with Gasteiger partial charge in [0.2, 0.25) is 5.91 Å². The van der Waals surface area contributed by atoms with Gasteiger partial charge in [0.05, 0.1) is 18.7 Å². The molecule has 0 aliphatic carbocycles. The van der Waals surface area contributed by atoms with Crippen LogP contribution >= 0.6 is 0 Å². The second-order valence-electron chi connectivity index (χ2n) is 5.83. The minimum atomic E-state index is 0.00563. The van der Waals surface area contributed by atoms with Crippen LogP contribution in [0.15, 0.2) is 40.8 Å². The number of hydrogen-bond donors (Lipinski definition) is 2. The average Bonchev–Trinajstić information content (AvgIpc) is 3.21. The number of ether oxygens (including phenoxy) is 1. The molecule has 1 atom stereocenters. The van der Waals surface area contributed by atoms with Crippen LogP contribution in [0.25, 0.3) is 21.9 Å². The van der Waals surface area contributed by atoms with E-state index in [9.17, 15) is 4.79 Å². The van der Waals surface area contributed by atoms with Gasteiger partial charge in [-0.2, -0.15) is 0 Å². The first-order valence-electron chi connectivity index (χ1n) is 7.77. The molecule has 5 heteroatoms. The summed E-state index contributed by atoms with van der Waals surface area (Å²) in [4.78, 5) is 12.4. The summed E-state index contributed by atoms with van der Waals surface area (Å²) in [6.45, 7) is 1.61. The van der Waals surface area contributed by atoms with Crippen molar-refractivity contribution in [2.75, 3.05) is 25.5 Å². The number of furan rings is 1. The Morgan fingerprint density at radius 2 is 2.13 bits per heavy atom. The molecular weight excluding hydrogens is 292 g/mol. The topological polar surface area (TPSA) is 63.5 Å². The smallest absolute Gasteiger partial charge is 0.228 e. The second-order valence-corrected chi connectivity index (χ2v) is 5.83. The zero-order valence-electron chi connectivity index (χ0n) is 12.9. The van der Waals surface area contributed by atoms with E-state index in [2.05, 4.69) is 10.6 Å². The number of benzene rings is 2. The summed E-state index contributed by atoms with van der Waals surface area (Å²) in [5, 5.41) is 8.21. The molecule has 2 aromatic carbocycles. The normalized spacial score (nSPS) is 17.7. The number of rotatable bonds is 3. The van der Waals surface area contributed by atoms with Crippen LogP contribution in [0.2, 0.25) is 0 Å². The quantitative estimate of drug-likeness (QED) is 0.780. The third-order valence-electron chi connectivity index (χ3n) is 4.39. The number of nitrogens with one attached hydrogen (secondary N) is 2. The highest BCUT2D eigenvalue weighted by atomic mass is 16.5. The zero-order chi connectivity index (χ0) is 15.8. The number of carbonyl (C=O) groups is 1. The number of para-hydroxylation sites is 1. The molecule has 0 radical (unpaired) electrons. The van der Waals surface area contributed by atoms with E-state index in [1.54, 1.807) is 7.11 Å². The first kappa shape index (κ1) is 14.1. The van der Waals surface area contributed by atoms with E-state index in [1.807, 2.05) is 36.4 Å². The molecule has 118 valence electrons. The van der Waals surface area contributed by atoms with Crippen molar-refractivity contribution in [3.8, 4) is 5.75 Å². The van der Waals surface area contributed by atoms with Gasteiger partial charge in [0.1, 0.15) is 16.9 Å². The van der Waals surface area contributed by atoms with E-state index >= 15 is 0 Å².